The number of nitrogens with one attached hydrogen (secondary N) is 1. The molecule has 0 spiro atoms. The van der Waals surface area contributed by atoms with Gasteiger partial charge in [-0.25, -0.2) is 0 Å². The maximum atomic E-state index is 11.9. The Balaban J connectivity index is 2.07. The van der Waals surface area contributed by atoms with E-state index in [9.17, 15) is 4.79 Å². The lowest BCUT2D eigenvalue weighted by molar-refractivity contribution is 0.0757. The van der Waals surface area contributed by atoms with Crippen molar-refractivity contribution in [1.82, 2.24) is 15.1 Å². The second kappa shape index (κ2) is 4.14. The van der Waals surface area contributed by atoms with Crippen LogP contribution in [0.15, 0.2) is 6.07 Å². The van der Waals surface area contributed by atoms with Crippen LogP contribution in [0, 0.1) is 0 Å². The Morgan fingerprint density at radius 2 is 2.60 bits per heavy atom. The standard InChI is InChI=1S/C9H14N4OS/c1-6-5-13(2-3-15-6)9(14)7-4-8(10)12-11-7/h4,6H,2-3,5H2,1H3,(H3,10,11,12). The monoisotopic (exact) mass is 226 g/mol. The van der Waals surface area contributed by atoms with E-state index >= 15 is 0 Å². The van der Waals surface area contributed by atoms with Crippen LogP contribution in [-0.4, -0.2) is 45.1 Å². The van der Waals surface area contributed by atoms with Crippen molar-refractivity contribution in [2.24, 2.45) is 0 Å². The second-order valence-corrected chi connectivity index (χ2v) is 5.19. The Morgan fingerprint density at radius 1 is 1.80 bits per heavy atom. The van der Waals surface area contributed by atoms with Gasteiger partial charge in [0.2, 0.25) is 0 Å². The summed E-state index contributed by atoms with van der Waals surface area (Å²) in [6, 6.07) is 1.58. The van der Waals surface area contributed by atoms with E-state index in [0.29, 0.717) is 16.8 Å². The molecule has 6 heteroatoms. The third-order valence-corrected chi connectivity index (χ3v) is 3.49. The minimum absolute atomic E-state index is 0.00801. The number of carbonyl (C=O) groups excluding carboxylic acids is 1. The van der Waals surface area contributed by atoms with Gasteiger partial charge in [-0.3, -0.25) is 9.89 Å². The van der Waals surface area contributed by atoms with Crippen molar-refractivity contribution >= 4 is 23.5 Å². The molecule has 82 valence electrons. The minimum Gasteiger partial charge on any atom is -0.382 e. The van der Waals surface area contributed by atoms with E-state index in [2.05, 4.69) is 17.1 Å². The molecule has 1 amide bonds. The van der Waals surface area contributed by atoms with Crippen molar-refractivity contribution in [3.8, 4) is 0 Å². The zero-order valence-corrected chi connectivity index (χ0v) is 9.38. The van der Waals surface area contributed by atoms with Gasteiger partial charge in [0.15, 0.2) is 0 Å². The Kier molecular flexibility index (Phi) is 2.86. The third kappa shape index (κ3) is 2.26. The van der Waals surface area contributed by atoms with Crippen LogP contribution in [0.5, 0.6) is 0 Å². The normalized spacial score (nSPS) is 21.7. The molecule has 5 nitrogen and oxygen atoms in total. The van der Waals surface area contributed by atoms with Gasteiger partial charge in [0.05, 0.1) is 0 Å². The van der Waals surface area contributed by atoms with Gasteiger partial charge in [0, 0.05) is 30.2 Å². The second-order valence-electron chi connectivity index (χ2n) is 3.64. The summed E-state index contributed by atoms with van der Waals surface area (Å²) in [5.41, 5.74) is 5.93. The van der Waals surface area contributed by atoms with E-state index in [1.54, 1.807) is 6.07 Å². The molecule has 0 aromatic carbocycles. The lowest BCUT2D eigenvalue weighted by atomic mass is 10.3. The van der Waals surface area contributed by atoms with Crippen LogP contribution in [0.3, 0.4) is 0 Å². The van der Waals surface area contributed by atoms with Crippen molar-refractivity contribution in [1.29, 1.82) is 0 Å². The molecule has 2 heterocycles. The van der Waals surface area contributed by atoms with E-state index in [1.165, 1.54) is 0 Å². The Bertz CT molecular complexity index is 365. The molecule has 3 N–H and O–H groups in total. The van der Waals surface area contributed by atoms with Crippen LogP contribution in [-0.2, 0) is 0 Å². The first-order chi connectivity index (χ1) is 7.16. The molecule has 1 saturated heterocycles. The van der Waals surface area contributed by atoms with Crippen LogP contribution in [0.2, 0.25) is 0 Å². The number of aromatic amines is 1. The Labute approximate surface area is 92.4 Å². The van der Waals surface area contributed by atoms with E-state index in [4.69, 9.17) is 5.73 Å². The van der Waals surface area contributed by atoms with Gasteiger partial charge in [-0.1, -0.05) is 6.92 Å². The first-order valence-corrected chi connectivity index (χ1v) is 5.93. The highest BCUT2D eigenvalue weighted by Crippen LogP contribution is 2.19. The zero-order chi connectivity index (χ0) is 10.8. The van der Waals surface area contributed by atoms with E-state index in [0.717, 1.165) is 18.8 Å². The highest BCUT2D eigenvalue weighted by molar-refractivity contribution is 7.99. The molecular formula is C9H14N4OS. The van der Waals surface area contributed by atoms with Crippen molar-refractivity contribution in [3.63, 3.8) is 0 Å². The maximum absolute atomic E-state index is 11.9. The summed E-state index contributed by atoms with van der Waals surface area (Å²) < 4.78 is 0. The quantitative estimate of drug-likeness (QED) is 0.734. The lowest BCUT2D eigenvalue weighted by Crippen LogP contribution is -2.41. The number of aromatic nitrogens is 2. The van der Waals surface area contributed by atoms with Crippen molar-refractivity contribution < 1.29 is 4.79 Å². The largest absolute Gasteiger partial charge is 0.382 e. The average Bonchev–Trinajstić information content (AvgIpc) is 2.64. The molecule has 1 aliphatic rings. The Morgan fingerprint density at radius 3 is 3.20 bits per heavy atom. The van der Waals surface area contributed by atoms with Crippen LogP contribution < -0.4 is 5.73 Å². The zero-order valence-electron chi connectivity index (χ0n) is 8.56. The first-order valence-electron chi connectivity index (χ1n) is 4.88. The number of H-pyrrole nitrogens is 1. The predicted octanol–water partition coefficient (Wildman–Crippen LogP) is 0.569. The number of anilines is 1. The highest BCUT2D eigenvalue weighted by atomic mass is 32.2. The van der Waals surface area contributed by atoms with Crippen molar-refractivity contribution in [2.75, 3.05) is 24.6 Å². The fourth-order valence-electron chi connectivity index (χ4n) is 1.62. The number of rotatable bonds is 1. The molecule has 1 aromatic rings. The molecular weight excluding hydrogens is 212 g/mol. The number of hydrogen-bond donors (Lipinski definition) is 2. The molecule has 1 fully saturated rings. The SMILES string of the molecule is CC1CN(C(=O)c2cc(N)n[nH]2)CCS1. The average molecular weight is 226 g/mol. The summed E-state index contributed by atoms with van der Waals surface area (Å²) in [6.45, 7) is 3.72. The molecule has 0 saturated carbocycles. The number of nitrogen functional groups attached to an aromatic ring is 1. The molecule has 2 rings (SSSR count). The number of nitrogens with two attached hydrogens (primary N) is 1. The molecule has 1 atom stereocenters. The van der Waals surface area contributed by atoms with E-state index in [1.807, 2.05) is 16.7 Å². The fraction of sp³-hybridized carbons (Fsp3) is 0.556. The highest BCUT2D eigenvalue weighted by Gasteiger charge is 2.23. The third-order valence-electron chi connectivity index (χ3n) is 2.36. The summed E-state index contributed by atoms with van der Waals surface area (Å²) in [4.78, 5) is 13.8. The molecule has 0 aliphatic carbocycles. The van der Waals surface area contributed by atoms with Gasteiger partial charge in [-0.15, -0.1) is 0 Å². The molecule has 0 radical (unpaired) electrons. The van der Waals surface area contributed by atoms with Gasteiger partial charge in [0.1, 0.15) is 11.5 Å². The summed E-state index contributed by atoms with van der Waals surface area (Å²) in [5.74, 6) is 1.35. The lowest BCUT2D eigenvalue weighted by Gasteiger charge is -2.30. The van der Waals surface area contributed by atoms with Gasteiger partial charge >= 0.3 is 0 Å². The molecule has 1 aromatic heterocycles. The predicted molar refractivity (Wildman–Crippen MR) is 60.8 cm³/mol. The number of hydrogen-bond acceptors (Lipinski definition) is 4. The van der Waals surface area contributed by atoms with Crippen LogP contribution in [0.4, 0.5) is 5.82 Å². The molecule has 15 heavy (non-hydrogen) atoms. The number of thioether (sulfide) groups is 1. The summed E-state index contributed by atoms with van der Waals surface area (Å²) >= 11 is 1.90. The summed E-state index contributed by atoms with van der Waals surface area (Å²) in [7, 11) is 0. The number of amides is 1. The van der Waals surface area contributed by atoms with Gasteiger partial charge in [-0.05, 0) is 0 Å². The number of nitrogens with zero attached hydrogens (tertiary/aromatic N) is 2. The van der Waals surface area contributed by atoms with E-state index < -0.39 is 0 Å². The maximum Gasteiger partial charge on any atom is 0.272 e. The smallest absolute Gasteiger partial charge is 0.272 e. The van der Waals surface area contributed by atoms with Crippen LogP contribution >= 0.6 is 11.8 Å². The summed E-state index contributed by atoms with van der Waals surface area (Å²) in [6.07, 6.45) is 0. The van der Waals surface area contributed by atoms with Crippen molar-refractivity contribution in [2.45, 2.75) is 12.2 Å². The van der Waals surface area contributed by atoms with Crippen LogP contribution in [0.25, 0.3) is 0 Å². The molecule has 0 bridgehead atoms. The Hall–Kier alpha value is -1.17. The first kappa shape index (κ1) is 10.4. The topological polar surface area (TPSA) is 75.0 Å². The minimum atomic E-state index is -0.00801. The summed E-state index contributed by atoms with van der Waals surface area (Å²) in [5, 5.41) is 6.90. The van der Waals surface area contributed by atoms with Gasteiger partial charge < -0.3 is 10.6 Å². The van der Waals surface area contributed by atoms with Crippen molar-refractivity contribution in [3.05, 3.63) is 11.8 Å². The van der Waals surface area contributed by atoms with E-state index in [-0.39, 0.29) is 5.91 Å². The molecule has 1 unspecified atom stereocenters. The van der Waals surface area contributed by atoms with Gasteiger partial charge in [-0.2, -0.15) is 16.9 Å². The molecule has 1 aliphatic heterocycles. The fourth-order valence-corrected chi connectivity index (χ4v) is 2.63. The van der Waals surface area contributed by atoms with Gasteiger partial charge in [0.25, 0.3) is 5.91 Å². The number of carbonyl (C=O) groups is 1. The van der Waals surface area contributed by atoms with Crippen LogP contribution in [0.1, 0.15) is 17.4 Å².